The van der Waals surface area contributed by atoms with Crippen LogP contribution in [0.4, 0.5) is 13.2 Å². The van der Waals surface area contributed by atoms with Crippen molar-refractivity contribution in [3.8, 4) is 0 Å². The van der Waals surface area contributed by atoms with E-state index >= 15 is 0 Å². The summed E-state index contributed by atoms with van der Waals surface area (Å²) >= 11 is 0. The summed E-state index contributed by atoms with van der Waals surface area (Å²) in [5.74, 6) is -0.788. The highest BCUT2D eigenvalue weighted by Gasteiger charge is 2.36. The lowest BCUT2D eigenvalue weighted by Gasteiger charge is -2.38. The second kappa shape index (κ2) is 10.6. The van der Waals surface area contributed by atoms with E-state index in [2.05, 4.69) is 15.2 Å². The zero-order chi connectivity index (χ0) is 27.7. The number of hydrogen-bond donors (Lipinski definition) is 1. The molecule has 13 heteroatoms. The zero-order valence-corrected chi connectivity index (χ0v) is 21.3. The van der Waals surface area contributed by atoms with E-state index in [9.17, 15) is 27.9 Å². The van der Waals surface area contributed by atoms with E-state index in [1.54, 1.807) is 29.8 Å². The number of alkyl halides is 2. The van der Waals surface area contributed by atoms with Gasteiger partial charge in [-0.2, -0.15) is 10.2 Å². The molecule has 4 heterocycles. The van der Waals surface area contributed by atoms with E-state index in [-0.39, 0.29) is 49.2 Å². The van der Waals surface area contributed by atoms with E-state index in [1.807, 2.05) is 0 Å². The summed E-state index contributed by atoms with van der Waals surface area (Å²) in [5.41, 5.74) is 0.101. The third kappa shape index (κ3) is 5.72. The predicted octanol–water partition coefficient (Wildman–Crippen LogP) is 2.54. The van der Waals surface area contributed by atoms with Crippen molar-refractivity contribution in [3.63, 3.8) is 0 Å². The van der Waals surface area contributed by atoms with Crippen LogP contribution in [0, 0.1) is 12.7 Å². The number of rotatable bonds is 8. The van der Waals surface area contributed by atoms with Gasteiger partial charge < -0.3 is 10.0 Å². The van der Waals surface area contributed by atoms with Gasteiger partial charge in [0.15, 0.2) is 5.65 Å². The second-order valence-electron chi connectivity index (χ2n) is 9.99. The van der Waals surface area contributed by atoms with Gasteiger partial charge in [0.05, 0.1) is 37.0 Å². The first-order valence-electron chi connectivity index (χ1n) is 12.6. The first-order valence-corrected chi connectivity index (χ1v) is 12.6. The number of amides is 1. The Morgan fingerprint density at radius 3 is 2.51 bits per heavy atom. The van der Waals surface area contributed by atoms with Crippen LogP contribution in [0.3, 0.4) is 0 Å². The molecule has 10 nitrogen and oxygen atoms in total. The van der Waals surface area contributed by atoms with Crippen LogP contribution in [0.15, 0.2) is 53.8 Å². The maximum Gasteiger partial charge on any atom is 0.264 e. The maximum absolute atomic E-state index is 13.6. The normalized spacial score (nSPS) is 16.2. The molecule has 0 aliphatic carbocycles. The number of fused-ring (bicyclic) bond motifs is 1. The first-order chi connectivity index (χ1) is 18.6. The van der Waals surface area contributed by atoms with Crippen LogP contribution < -0.4 is 5.56 Å². The fourth-order valence-electron chi connectivity index (χ4n) is 4.86. The lowest BCUT2D eigenvalue weighted by atomic mass is 9.91. The summed E-state index contributed by atoms with van der Waals surface area (Å²) in [6, 6.07) is 6.18. The van der Waals surface area contributed by atoms with Crippen molar-refractivity contribution in [2.75, 3.05) is 13.1 Å². The second-order valence-corrected chi connectivity index (χ2v) is 9.99. The molecule has 5 rings (SSSR count). The van der Waals surface area contributed by atoms with Gasteiger partial charge in [-0.1, -0.05) is 12.1 Å². The number of benzene rings is 1. The molecule has 1 N–H and O–H groups in total. The molecule has 1 saturated heterocycles. The van der Waals surface area contributed by atoms with Crippen molar-refractivity contribution < 1.29 is 23.1 Å². The number of carbonyl (C=O) groups excluding carboxylic acids is 1. The number of nitrogens with zero attached hydrogens (tertiary/aromatic N) is 7. The lowest BCUT2D eigenvalue weighted by Crippen LogP contribution is -2.50. The van der Waals surface area contributed by atoms with Gasteiger partial charge in [-0.25, -0.2) is 22.8 Å². The monoisotopic (exact) mass is 543 g/mol. The lowest BCUT2D eigenvalue weighted by molar-refractivity contribution is -0.138. The summed E-state index contributed by atoms with van der Waals surface area (Å²) in [4.78, 5) is 31.7. The molecule has 0 radical (unpaired) electrons. The predicted molar refractivity (Wildman–Crippen MR) is 135 cm³/mol. The smallest absolute Gasteiger partial charge is 0.264 e. The van der Waals surface area contributed by atoms with Crippen LogP contribution >= 0.6 is 0 Å². The number of hydrogen-bond acceptors (Lipinski definition) is 6. The molecular weight excluding hydrogens is 515 g/mol. The number of aliphatic hydroxyl groups is 1. The minimum absolute atomic E-state index is 0.0355. The average Bonchev–Trinajstić information content (AvgIpc) is 3.52. The summed E-state index contributed by atoms with van der Waals surface area (Å²) in [6.07, 6.45) is 1.38. The van der Waals surface area contributed by atoms with Crippen LogP contribution in [0.25, 0.3) is 11.0 Å². The Labute approximate surface area is 221 Å². The van der Waals surface area contributed by atoms with Crippen LogP contribution in [0.2, 0.25) is 0 Å². The molecule has 39 heavy (non-hydrogen) atoms. The van der Waals surface area contributed by atoms with Crippen LogP contribution in [0.1, 0.15) is 36.6 Å². The van der Waals surface area contributed by atoms with Crippen LogP contribution in [0.5, 0.6) is 0 Å². The molecule has 3 aromatic heterocycles. The van der Waals surface area contributed by atoms with Crippen molar-refractivity contribution in [1.29, 1.82) is 0 Å². The average molecular weight is 544 g/mol. The molecule has 1 aliphatic heterocycles. The van der Waals surface area contributed by atoms with Gasteiger partial charge in [-0.15, -0.1) is 0 Å². The minimum atomic E-state index is -2.76. The molecule has 4 aromatic rings. The van der Waals surface area contributed by atoms with Gasteiger partial charge >= 0.3 is 0 Å². The van der Waals surface area contributed by atoms with Gasteiger partial charge in [0.25, 0.3) is 12.0 Å². The Bertz CT molecular complexity index is 1520. The molecule has 1 aliphatic rings. The molecule has 1 atom stereocenters. The van der Waals surface area contributed by atoms with Crippen molar-refractivity contribution in [3.05, 3.63) is 76.5 Å². The molecule has 0 spiro atoms. The first kappa shape index (κ1) is 26.6. The highest BCUT2D eigenvalue weighted by Crippen LogP contribution is 2.27. The fraction of sp³-hybridized carbons (Fsp3) is 0.423. The van der Waals surface area contributed by atoms with E-state index in [0.717, 1.165) is 10.2 Å². The molecule has 0 bridgehead atoms. The summed E-state index contributed by atoms with van der Waals surface area (Å²) < 4.78 is 44.4. The topological polar surface area (TPSA) is 111 Å². The molecule has 0 unspecified atom stereocenters. The molecule has 1 aromatic carbocycles. The van der Waals surface area contributed by atoms with Crippen molar-refractivity contribution in [1.82, 2.24) is 34.0 Å². The zero-order valence-electron chi connectivity index (χ0n) is 21.3. The Hall–Kier alpha value is -4.00. The molecule has 0 saturated carbocycles. The third-order valence-corrected chi connectivity index (χ3v) is 7.14. The Balaban J connectivity index is 1.23. The molecule has 206 valence electrons. The van der Waals surface area contributed by atoms with Crippen LogP contribution in [-0.2, 0) is 17.9 Å². The van der Waals surface area contributed by atoms with E-state index in [1.165, 1.54) is 40.3 Å². The number of aryl methyl sites for hydroxylation is 1. The summed E-state index contributed by atoms with van der Waals surface area (Å²) in [7, 11) is 0. The quantitative estimate of drug-likeness (QED) is 0.366. The number of likely N-dealkylation sites (tertiary alicyclic amines) is 1. The highest BCUT2D eigenvalue weighted by atomic mass is 19.3. The number of aromatic nitrogens is 6. The summed E-state index contributed by atoms with van der Waals surface area (Å²) in [6.45, 7) is 2.30. The Morgan fingerprint density at radius 1 is 1.15 bits per heavy atom. The van der Waals surface area contributed by atoms with Gasteiger partial charge in [-0.05, 0) is 43.5 Å². The maximum atomic E-state index is 13.6. The summed E-state index contributed by atoms with van der Waals surface area (Å²) in [5, 5.41) is 19.7. The van der Waals surface area contributed by atoms with Gasteiger partial charge in [0.1, 0.15) is 23.6 Å². The van der Waals surface area contributed by atoms with Crippen molar-refractivity contribution in [2.45, 2.75) is 57.3 Å². The van der Waals surface area contributed by atoms with E-state index in [0.29, 0.717) is 17.9 Å². The Morgan fingerprint density at radius 2 is 1.87 bits per heavy atom. The van der Waals surface area contributed by atoms with E-state index < -0.39 is 30.4 Å². The number of halogens is 3. The molecular formula is C26H28F3N7O3. The number of piperidine rings is 1. The van der Waals surface area contributed by atoms with Gasteiger partial charge in [0.2, 0.25) is 5.91 Å². The van der Waals surface area contributed by atoms with Crippen LogP contribution in [-0.4, -0.2) is 70.1 Å². The largest absolute Gasteiger partial charge is 0.388 e. The minimum Gasteiger partial charge on any atom is -0.388 e. The van der Waals surface area contributed by atoms with Gasteiger partial charge in [-0.3, -0.25) is 18.8 Å². The Kier molecular flexibility index (Phi) is 7.25. The fourth-order valence-corrected chi connectivity index (χ4v) is 4.86. The van der Waals surface area contributed by atoms with Crippen molar-refractivity contribution >= 4 is 16.9 Å². The van der Waals surface area contributed by atoms with E-state index in [4.69, 9.17) is 0 Å². The number of carbonyl (C=O) groups is 1. The molecule has 1 amide bonds. The van der Waals surface area contributed by atoms with Crippen molar-refractivity contribution in [2.24, 2.45) is 0 Å². The SMILES string of the molecule is Cc1ccn([C@@H](CC(=O)N2CCC(O)(Cn3cnc4c(cnn4Cc4ccc(F)cc4)c3=O)CC2)C(F)F)n1. The highest BCUT2D eigenvalue weighted by molar-refractivity contribution is 5.77. The van der Waals surface area contributed by atoms with Gasteiger partial charge in [0, 0.05) is 19.3 Å². The third-order valence-electron chi connectivity index (χ3n) is 7.14. The molecule has 1 fully saturated rings. The standard InChI is InChI=1S/C26H28F3N7O3/c1-17-6-9-35(32-17)21(23(28)29)12-22(37)33-10-7-26(39,8-11-33)15-34-16-30-24-20(25(34)38)13-31-36(24)14-18-2-4-19(27)5-3-18/h2-6,9,13,16,21,23,39H,7-8,10-12,14-15H2,1H3/t21-/m0/s1.